The molecule has 1 heterocycles. The average molecular weight is 588 g/mol. The quantitative estimate of drug-likeness (QED) is 0.269. The Kier molecular flexibility index (Phi) is 9.94. The third kappa shape index (κ3) is 8.97. The molecule has 0 unspecified atom stereocenters. The van der Waals surface area contributed by atoms with Crippen LogP contribution in [0.15, 0.2) is 59.8 Å². The van der Waals surface area contributed by atoms with Crippen LogP contribution in [0.25, 0.3) is 0 Å². The van der Waals surface area contributed by atoms with Crippen LogP contribution in [0, 0.1) is 0 Å². The van der Waals surface area contributed by atoms with Gasteiger partial charge in [0, 0.05) is 16.8 Å². The molecule has 1 fully saturated rings. The van der Waals surface area contributed by atoms with E-state index in [2.05, 4.69) is 25.3 Å². The van der Waals surface area contributed by atoms with E-state index in [1.807, 2.05) is 12.1 Å². The number of nitrogens with zero attached hydrogens (tertiary/aromatic N) is 2. The summed E-state index contributed by atoms with van der Waals surface area (Å²) in [6.45, 7) is 0. The highest BCUT2D eigenvalue weighted by Gasteiger charge is 2.38. The number of nitrogens with one attached hydrogen (secondary N) is 3. The van der Waals surface area contributed by atoms with E-state index >= 15 is 0 Å². The minimum atomic E-state index is -5.08. The monoisotopic (exact) mass is 587 g/mol. The standard InChI is InChI=1S/C22H24ClN5O3S.C2HF3O2/c1-24-32(29,30)18-10-11-20(31-17-4-2-3-5-17)19(12-18)28-22-13-21(25-14-26-22)27-16-8-6-15(23)7-9-16;3-2(4,5)1(6)7/h6-14,17,24H,2-5H2,1H3,(H2,25,26,27,28);(H,6,7). The first-order valence-electron chi connectivity index (χ1n) is 11.5. The average Bonchev–Trinajstić information content (AvgIpc) is 3.40. The summed E-state index contributed by atoms with van der Waals surface area (Å²) in [7, 11) is -2.23. The molecule has 1 aliphatic rings. The van der Waals surface area contributed by atoms with Crippen molar-refractivity contribution in [3.63, 3.8) is 0 Å². The van der Waals surface area contributed by atoms with Gasteiger partial charge in [0.15, 0.2) is 0 Å². The van der Waals surface area contributed by atoms with Crippen molar-refractivity contribution in [1.29, 1.82) is 0 Å². The van der Waals surface area contributed by atoms with Gasteiger partial charge in [-0.3, -0.25) is 0 Å². The van der Waals surface area contributed by atoms with Crippen molar-refractivity contribution in [2.75, 3.05) is 17.7 Å². The zero-order valence-electron chi connectivity index (χ0n) is 20.5. The van der Waals surface area contributed by atoms with Gasteiger partial charge in [-0.25, -0.2) is 27.9 Å². The van der Waals surface area contributed by atoms with Gasteiger partial charge in [-0.1, -0.05) is 11.6 Å². The van der Waals surface area contributed by atoms with Crippen LogP contribution in [-0.4, -0.2) is 48.8 Å². The lowest BCUT2D eigenvalue weighted by molar-refractivity contribution is -0.192. The number of aliphatic carboxylic acids is 1. The first-order chi connectivity index (χ1) is 18.4. The molecule has 1 saturated carbocycles. The minimum absolute atomic E-state index is 0.120. The number of anilines is 4. The number of carbonyl (C=O) groups is 1. The Morgan fingerprint density at radius 2 is 1.62 bits per heavy atom. The molecule has 4 rings (SSSR count). The maximum atomic E-state index is 12.3. The number of hydrogen-bond acceptors (Lipinski definition) is 8. The van der Waals surface area contributed by atoms with Gasteiger partial charge < -0.3 is 20.5 Å². The van der Waals surface area contributed by atoms with E-state index < -0.39 is 22.2 Å². The summed E-state index contributed by atoms with van der Waals surface area (Å²) >= 11 is 5.94. The molecule has 4 N–H and O–H groups in total. The van der Waals surface area contributed by atoms with Gasteiger partial charge in [0.05, 0.1) is 16.7 Å². The molecular formula is C24H25ClF3N5O5S. The number of sulfonamides is 1. The van der Waals surface area contributed by atoms with Crippen LogP contribution in [0.5, 0.6) is 5.75 Å². The summed E-state index contributed by atoms with van der Waals surface area (Å²) < 4.78 is 64.9. The van der Waals surface area contributed by atoms with E-state index in [1.165, 1.54) is 19.4 Å². The predicted molar refractivity (Wildman–Crippen MR) is 139 cm³/mol. The van der Waals surface area contributed by atoms with Crippen molar-refractivity contribution in [3.8, 4) is 5.75 Å². The number of benzene rings is 2. The molecule has 0 spiro atoms. The maximum Gasteiger partial charge on any atom is 0.490 e. The molecule has 1 aliphatic carbocycles. The molecule has 210 valence electrons. The van der Waals surface area contributed by atoms with E-state index in [-0.39, 0.29) is 11.0 Å². The molecule has 0 bridgehead atoms. The fourth-order valence-electron chi connectivity index (χ4n) is 3.49. The molecule has 2 aromatic carbocycles. The summed E-state index contributed by atoms with van der Waals surface area (Å²) in [4.78, 5) is 17.5. The zero-order chi connectivity index (χ0) is 28.6. The van der Waals surface area contributed by atoms with E-state index in [0.29, 0.717) is 28.1 Å². The smallest absolute Gasteiger partial charge is 0.488 e. The van der Waals surface area contributed by atoms with Gasteiger partial charge in [-0.05, 0) is 75.2 Å². The molecule has 10 nitrogen and oxygen atoms in total. The fraction of sp³-hybridized carbons (Fsp3) is 0.292. The van der Waals surface area contributed by atoms with Crippen LogP contribution in [0.4, 0.5) is 36.2 Å². The molecule has 1 aromatic heterocycles. The number of carboxylic acids is 1. The predicted octanol–water partition coefficient (Wildman–Crippen LogP) is 5.48. The van der Waals surface area contributed by atoms with Gasteiger partial charge in [0.1, 0.15) is 23.7 Å². The number of hydrogen-bond donors (Lipinski definition) is 4. The van der Waals surface area contributed by atoms with Gasteiger partial charge in [0.25, 0.3) is 0 Å². The lowest BCUT2D eigenvalue weighted by Gasteiger charge is -2.18. The lowest BCUT2D eigenvalue weighted by Crippen LogP contribution is -2.21. The highest BCUT2D eigenvalue weighted by atomic mass is 35.5. The highest BCUT2D eigenvalue weighted by Crippen LogP contribution is 2.34. The number of rotatable bonds is 8. The molecule has 39 heavy (non-hydrogen) atoms. The number of halogens is 4. The third-order valence-electron chi connectivity index (χ3n) is 5.41. The Morgan fingerprint density at radius 3 is 2.18 bits per heavy atom. The van der Waals surface area contributed by atoms with Crippen molar-refractivity contribution in [3.05, 3.63) is 59.9 Å². The van der Waals surface area contributed by atoms with Crippen LogP contribution in [0.2, 0.25) is 5.02 Å². The van der Waals surface area contributed by atoms with Gasteiger partial charge in [-0.15, -0.1) is 0 Å². The van der Waals surface area contributed by atoms with Crippen LogP contribution >= 0.6 is 11.6 Å². The van der Waals surface area contributed by atoms with E-state index in [9.17, 15) is 21.6 Å². The second-order valence-electron chi connectivity index (χ2n) is 8.24. The van der Waals surface area contributed by atoms with Crippen LogP contribution in [0.1, 0.15) is 25.7 Å². The number of ether oxygens (including phenoxy) is 1. The van der Waals surface area contributed by atoms with Gasteiger partial charge >= 0.3 is 12.1 Å². The van der Waals surface area contributed by atoms with Crippen molar-refractivity contribution in [2.24, 2.45) is 0 Å². The molecule has 0 aliphatic heterocycles. The highest BCUT2D eigenvalue weighted by molar-refractivity contribution is 7.89. The summed E-state index contributed by atoms with van der Waals surface area (Å²) in [5.41, 5.74) is 1.34. The largest absolute Gasteiger partial charge is 0.490 e. The SMILES string of the molecule is CNS(=O)(=O)c1ccc(OC2CCCC2)c(Nc2cc(Nc3ccc(Cl)cc3)ncn2)c1.O=C(O)C(F)(F)F. The summed E-state index contributed by atoms with van der Waals surface area (Å²) in [5, 5.41) is 14.1. The second kappa shape index (κ2) is 13.0. The second-order valence-corrected chi connectivity index (χ2v) is 10.6. The Morgan fingerprint density at radius 1 is 1.03 bits per heavy atom. The van der Waals surface area contributed by atoms with Crippen LogP contribution < -0.4 is 20.1 Å². The molecule has 0 radical (unpaired) electrons. The number of carboxylic acid groups (broad SMARTS) is 1. The van der Waals surface area contributed by atoms with Crippen molar-refractivity contribution >= 4 is 50.6 Å². The lowest BCUT2D eigenvalue weighted by atomic mass is 10.2. The zero-order valence-corrected chi connectivity index (χ0v) is 22.1. The van der Waals surface area contributed by atoms with Crippen LogP contribution in [-0.2, 0) is 14.8 Å². The third-order valence-corrected chi connectivity index (χ3v) is 7.08. The number of alkyl halides is 3. The Labute approximate surface area is 227 Å². The molecular weight excluding hydrogens is 563 g/mol. The molecule has 0 saturated heterocycles. The van der Waals surface area contributed by atoms with E-state index in [0.717, 1.165) is 31.4 Å². The van der Waals surface area contributed by atoms with Crippen molar-refractivity contribution in [2.45, 2.75) is 42.9 Å². The maximum absolute atomic E-state index is 12.3. The molecule has 0 atom stereocenters. The van der Waals surface area contributed by atoms with Crippen LogP contribution in [0.3, 0.4) is 0 Å². The topological polar surface area (TPSA) is 143 Å². The molecule has 3 aromatic rings. The summed E-state index contributed by atoms with van der Waals surface area (Å²) in [6, 6.07) is 13.7. The molecule has 15 heteroatoms. The summed E-state index contributed by atoms with van der Waals surface area (Å²) in [6.07, 6.45) is 0.690. The minimum Gasteiger partial charge on any atom is -0.488 e. The number of aromatic nitrogens is 2. The first kappa shape index (κ1) is 29.9. The van der Waals surface area contributed by atoms with Crippen molar-refractivity contribution < 1.29 is 36.2 Å². The Balaban J connectivity index is 0.000000532. The molecule has 0 amide bonds. The summed E-state index contributed by atoms with van der Waals surface area (Å²) in [5.74, 6) is -1.11. The van der Waals surface area contributed by atoms with Gasteiger partial charge in [-0.2, -0.15) is 13.2 Å². The van der Waals surface area contributed by atoms with Gasteiger partial charge in [0.2, 0.25) is 10.0 Å². The fourth-order valence-corrected chi connectivity index (χ4v) is 4.38. The van der Waals surface area contributed by atoms with E-state index in [4.69, 9.17) is 26.2 Å². The van der Waals surface area contributed by atoms with Crippen molar-refractivity contribution in [1.82, 2.24) is 14.7 Å². The van der Waals surface area contributed by atoms with E-state index in [1.54, 1.807) is 30.3 Å². The first-order valence-corrected chi connectivity index (χ1v) is 13.4. The normalized spacial score (nSPS) is 13.8. The Hall–Kier alpha value is -3.62. The Bertz CT molecular complexity index is 1390.